The summed E-state index contributed by atoms with van der Waals surface area (Å²) in [6, 6.07) is 15.2. The van der Waals surface area contributed by atoms with E-state index in [2.05, 4.69) is 29.6 Å². The van der Waals surface area contributed by atoms with Crippen LogP contribution in [-0.2, 0) is 63.6 Å². The van der Waals surface area contributed by atoms with Crippen LogP contribution in [0.1, 0.15) is 95.6 Å². The van der Waals surface area contributed by atoms with E-state index < -0.39 is 79.3 Å². The van der Waals surface area contributed by atoms with E-state index in [9.17, 15) is 28.8 Å². The number of hydrogen-bond acceptors (Lipinski definition) is 13. The van der Waals surface area contributed by atoms with Crippen LogP contribution in [0, 0.1) is 23.0 Å². The second-order valence-electron chi connectivity index (χ2n) is 16.7. The Morgan fingerprint density at radius 3 is 1.67 bits per heavy atom. The molecule has 0 amide bonds. The van der Waals surface area contributed by atoms with Gasteiger partial charge in [-0.3, -0.25) is 0 Å². The molecule has 13 nitrogen and oxygen atoms in total. The van der Waals surface area contributed by atoms with Gasteiger partial charge < -0.3 is 33.2 Å². The van der Waals surface area contributed by atoms with Gasteiger partial charge >= 0.3 is 35.8 Å². The lowest BCUT2D eigenvalue weighted by Gasteiger charge is -2.32. The van der Waals surface area contributed by atoms with E-state index in [0.717, 1.165) is 33.0 Å². The van der Waals surface area contributed by atoms with E-state index in [1.807, 2.05) is 24.3 Å². The Morgan fingerprint density at radius 1 is 0.621 bits per heavy atom. The number of halogens is 2. The Labute approximate surface area is 384 Å². The summed E-state index contributed by atoms with van der Waals surface area (Å²) in [5, 5.41) is 0. The molecule has 1 aliphatic carbocycles. The molecule has 66 heavy (non-hydrogen) atoms. The fourth-order valence-corrected chi connectivity index (χ4v) is 7.58. The lowest BCUT2D eigenvalue weighted by atomic mass is 9.77. The van der Waals surface area contributed by atoms with Gasteiger partial charge in [0.1, 0.15) is 37.6 Å². The smallest absolute Gasteiger partial charge is 0.417 e. The zero-order chi connectivity index (χ0) is 48.4. The summed E-state index contributed by atoms with van der Waals surface area (Å²) >= 11 is 0. The molecule has 3 aromatic rings. The van der Waals surface area contributed by atoms with Crippen LogP contribution in [-0.4, -0.2) is 83.1 Å². The van der Waals surface area contributed by atoms with Gasteiger partial charge in [-0.1, -0.05) is 88.2 Å². The first-order valence-corrected chi connectivity index (χ1v) is 22.0. The maximum atomic E-state index is 16.2. The fraction of sp³-hybridized carbons (Fsp3) is 0.451. The van der Waals surface area contributed by atoms with Crippen LogP contribution in [0.15, 0.2) is 78.9 Å². The van der Waals surface area contributed by atoms with Gasteiger partial charge in [0.25, 0.3) is 0 Å². The van der Waals surface area contributed by atoms with E-state index in [1.165, 1.54) is 82.2 Å². The largest absolute Gasteiger partial charge is 0.492 e. The van der Waals surface area contributed by atoms with Crippen molar-refractivity contribution in [1.29, 1.82) is 0 Å². The van der Waals surface area contributed by atoms with E-state index in [0.29, 0.717) is 17.0 Å². The maximum Gasteiger partial charge on any atom is 0.417 e. The lowest BCUT2D eigenvalue weighted by molar-refractivity contribution is -0.177. The summed E-state index contributed by atoms with van der Waals surface area (Å²) in [7, 11) is 1.90. The van der Waals surface area contributed by atoms with Gasteiger partial charge in [-0.05, 0) is 98.6 Å². The van der Waals surface area contributed by atoms with Crippen molar-refractivity contribution in [1.82, 2.24) is 0 Å². The van der Waals surface area contributed by atoms with Crippen LogP contribution in [0.2, 0.25) is 0 Å². The van der Waals surface area contributed by atoms with Crippen molar-refractivity contribution in [2.24, 2.45) is 11.3 Å². The molecule has 4 rings (SSSR count). The number of rotatable bonds is 22. The monoisotopic (exact) mass is 918 g/mol. The van der Waals surface area contributed by atoms with Gasteiger partial charge in [-0.2, -0.15) is 0 Å². The van der Waals surface area contributed by atoms with Crippen molar-refractivity contribution in [2.45, 2.75) is 90.9 Å². The average molecular weight is 919 g/mol. The predicted octanol–water partition coefficient (Wildman–Crippen LogP) is 9.12. The number of ether oxygens (including phenoxy) is 7. The van der Waals surface area contributed by atoms with Crippen LogP contribution in [0.5, 0.6) is 5.75 Å². The summed E-state index contributed by atoms with van der Waals surface area (Å²) in [6.45, 7) is 9.40. The summed E-state index contributed by atoms with van der Waals surface area (Å²) in [6.07, 6.45) is 10.1. The fourth-order valence-electron chi connectivity index (χ4n) is 7.58. The molecule has 1 fully saturated rings. The van der Waals surface area contributed by atoms with Gasteiger partial charge in [-0.25, -0.2) is 37.5 Å². The molecular weight excluding hydrogens is 859 g/mol. The number of carbonyl (C=O) groups excluding carboxylic acids is 6. The van der Waals surface area contributed by atoms with Crippen LogP contribution in [0.3, 0.4) is 0 Å². The molecule has 0 N–H and O–H groups in total. The molecule has 0 bridgehead atoms. The van der Waals surface area contributed by atoms with Gasteiger partial charge in [0.15, 0.2) is 11.6 Å². The zero-order valence-electron chi connectivity index (χ0n) is 38.4. The number of aryl methyl sites for hydroxylation is 1. The molecule has 0 aromatic heterocycles. The molecule has 3 aromatic carbocycles. The summed E-state index contributed by atoms with van der Waals surface area (Å²) in [4.78, 5) is 73.4. The minimum atomic E-state index is -1.79. The summed E-state index contributed by atoms with van der Waals surface area (Å²) < 4.78 is 68.2. The Morgan fingerprint density at radius 2 is 1.14 bits per heavy atom. The highest BCUT2D eigenvalue weighted by atomic mass is 19.2. The summed E-state index contributed by atoms with van der Waals surface area (Å²) in [5.41, 5.74) is 0.878. The lowest BCUT2D eigenvalue weighted by Crippen LogP contribution is -2.45. The third kappa shape index (κ3) is 14.8. The van der Waals surface area contributed by atoms with E-state index in [-0.39, 0.29) is 53.0 Å². The number of hydrogen-bond donors (Lipinski definition) is 0. The standard InChI is InChI=1S/C51H60F2O13/c1-8-9-10-12-34-14-16-35(17-15-34)36-18-20-37(21-19-36)40-23-24-41(44(53)43(40)52)38-22-25-42(39(27-38)13-11-26-62-45(54)32(2)3)63-28-51(29-64-46(55)33(4)5,30-65-49(58)47(56)60-6)31-66-50(59)48(57)61-7/h18-25,27,34-35H,2,4,8-17,26,28-31H2,1,3,5-7H3. The van der Waals surface area contributed by atoms with Crippen molar-refractivity contribution in [3.05, 3.63) is 102 Å². The Balaban J connectivity index is 1.65. The van der Waals surface area contributed by atoms with Gasteiger partial charge in [-0.15, -0.1) is 0 Å². The minimum absolute atomic E-state index is 0.0107. The molecule has 0 unspecified atom stereocenters. The average Bonchev–Trinajstić information content (AvgIpc) is 3.32. The maximum absolute atomic E-state index is 16.2. The second kappa shape index (κ2) is 25.4. The Bertz CT molecular complexity index is 2190. The Hall–Kier alpha value is -6.38. The molecule has 0 aliphatic heterocycles. The number of methoxy groups -OCH3 is 2. The van der Waals surface area contributed by atoms with Crippen LogP contribution >= 0.6 is 0 Å². The Kier molecular flexibility index (Phi) is 20.1. The molecule has 0 saturated heterocycles. The first kappa shape index (κ1) is 52.2. The first-order valence-electron chi connectivity index (χ1n) is 22.0. The normalized spacial score (nSPS) is 14.6. The molecule has 0 spiro atoms. The third-order valence-electron chi connectivity index (χ3n) is 11.5. The molecule has 1 saturated carbocycles. The molecule has 356 valence electrons. The van der Waals surface area contributed by atoms with Crippen LogP contribution < -0.4 is 4.74 Å². The van der Waals surface area contributed by atoms with Crippen molar-refractivity contribution >= 4 is 35.8 Å². The highest BCUT2D eigenvalue weighted by Crippen LogP contribution is 2.39. The number of unbranched alkanes of at least 4 members (excludes halogenated alkanes) is 2. The highest BCUT2D eigenvalue weighted by molar-refractivity contribution is 6.30. The quantitative estimate of drug-likeness (QED) is 0.0308. The van der Waals surface area contributed by atoms with E-state index in [4.69, 9.17) is 23.7 Å². The number of carbonyl (C=O) groups is 6. The van der Waals surface area contributed by atoms with E-state index in [1.54, 1.807) is 6.07 Å². The predicted molar refractivity (Wildman–Crippen MR) is 240 cm³/mol. The molecule has 0 atom stereocenters. The SMILES string of the molecule is C=C(C)C(=O)OCCCc1cc(-c2ccc(-c3ccc(C4CCC(CCCCC)CC4)cc3)c(F)c2F)ccc1OCC(COC(=O)C(=C)C)(COC(=O)C(=O)OC)COC(=O)C(=O)OC. The van der Waals surface area contributed by atoms with Crippen molar-refractivity contribution in [3.63, 3.8) is 0 Å². The van der Waals surface area contributed by atoms with Crippen molar-refractivity contribution in [2.75, 3.05) is 47.3 Å². The van der Waals surface area contributed by atoms with Gasteiger partial charge in [0.2, 0.25) is 0 Å². The van der Waals surface area contributed by atoms with Gasteiger partial charge in [0.05, 0.1) is 20.8 Å². The van der Waals surface area contributed by atoms with Crippen molar-refractivity contribution < 1.29 is 70.7 Å². The van der Waals surface area contributed by atoms with Crippen molar-refractivity contribution in [3.8, 4) is 28.0 Å². The molecule has 15 heteroatoms. The van der Waals surface area contributed by atoms with Crippen LogP contribution in [0.4, 0.5) is 8.78 Å². The third-order valence-corrected chi connectivity index (χ3v) is 11.5. The molecule has 1 aliphatic rings. The first-order chi connectivity index (χ1) is 31.5. The number of benzene rings is 3. The molecular formula is C51H60F2O13. The topological polar surface area (TPSA) is 167 Å². The zero-order valence-corrected chi connectivity index (χ0v) is 38.4. The number of esters is 6. The summed E-state index contributed by atoms with van der Waals surface area (Å²) in [5.74, 6) is -7.85. The second-order valence-corrected chi connectivity index (χ2v) is 16.7. The highest BCUT2D eigenvalue weighted by Gasteiger charge is 2.39. The van der Waals surface area contributed by atoms with Crippen LogP contribution in [0.25, 0.3) is 22.3 Å². The molecule has 0 heterocycles. The molecule has 0 radical (unpaired) electrons. The van der Waals surface area contributed by atoms with Gasteiger partial charge in [0, 0.05) is 22.3 Å². The van der Waals surface area contributed by atoms with E-state index >= 15 is 8.78 Å². The minimum Gasteiger partial charge on any atom is -0.492 e.